The Balaban J connectivity index is 3.07. The molecule has 5 heteroatoms. The van der Waals surface area contributed by atoms with Crippen molar-refractivity contribution in [2.24, 2.45) is 5.73 Å². The molecule has 0 aliphatic rings. The second-order valence-electron chi connectivity index (χ2n) is 4.61. The Morgan fingerprint density at radius 2 is 2.24 bits per heavy atom. The quantitative estimate of drug-likeness (QED) is 0.525. The predicted molar refractivity (Wildman–Crippen MR) is 69.4 cm³/mol. The first kappa shape index (κ1) is 13.4. The van der Waals surface area contributed by atoms with E-state index in [-0.39, 0.29) is 5.84 Å². The van der Waals surface area contributed by atoms with Gasteiger partial charge < -0.3 is 15.7 Å². The number of nitrogens with one attached hydrogen (secondary N) is 1. The van der Waals surface area contributed by atoms with Crippen molar-refractivity contribution >= 4 is 11.7 Å². The maximum atomic E-state index is 9.86. The summed E-state index contributed by atoms with van der Waals surface area (Å²) in [5, 5.41) is 17.4. The van der Waals surface area contributed by atoms with Crippen LogP contribution in [-0.4, -0.2) is 34.6 Å². The molecule has 0 saturated heterocycles. The molecular formula is C12H20N4O. The topological polar surface area (TPSA) is 86.2 Å². The molecule has 0 unspecified atom stereocenters. The first-order valence-electron chi connectivity index (χ1n) is 5.62. The maximum absolute atomic E-state index is 9.86. The molecule has 4 N–H and O–H groups in total. The van der Waals surface area contributed by atoms with Gasteiger partial charge in [0.05, 0.1) is 11.2 Å². The highest BCUT2D eigenvalue weighted by atomic mass is 16.3. The van der Waals surface area contributed by atoms with E-state index in [0.29, 0.717) is 24.5 Å². The molecule has 5 nitrogen and oxygen atoms in total. The normalized spacial score (nSPS) is 11.3. The molecule has 0 radical (unpaired) electrons. The van der Waals surface area contributed by atoms with E-state index in [2.05, 4.69) is 4.98 Å². The van der Waals surface area contributed by atoms with Crippen LogP contribution in [0.5, 0.6) is 0 Å². The highest BCUT2D eigenvalue weighted by molar-refractivity contribution is 5.99. The van der Waals surface area contributed by atoms with Gasteiger partial charge in [-0.2, -0.15) is 0 Å². The lowest BCUT2D eigenvalue weighted by atomic mass is 10.1. The molecular weight excluding hydrogens is 216 g/mol. The molecule has 17 heavy (non-hydrogen) atoms. The van der Waals surface area contributed by atoms with Crippen LogP contribution in [-0.2, 0) is 0 Å². The number of hydrogen-bond acceptors (Lipinski definition) is 4. The number of rotatable bonds is 5. The smallest absolute Gasteiger partial charge is 0.139 e. The summed E-state index contributed by atoms with van der Waals surface area (Å²) in [6.07, 6.45) is 1.66. The van der Waals surface area contributed by atoms with Crippen molar-refractivity contribution in [1.29, 1.82) is 5.41 Å². The number of pyridine rings is 1. The Morgan fingerprint density at radius 3 is 2.71 bits per heavy atom. The van der Waals surface area contributed by atoms with Crippen molar-refractivity contribution < 1.29 is 5.11 Å². The molecule has 0 spiro atoms. The van der Waals surface area contributed by atoms with Crippen molar-refractivity contribution in [2.45, 2.75) is 26.4 Å². The van der Waals surface area contributed by atoms with Gasteiger partial charge in [-0.1, -0.05) is 0 Å². The lowest BCUT2D eigenvalue weighted by Crippen LogP contribution is -2.40. The van der Waals surface area contributed by atoms with Crippen LogP contribution in [0.15, 0.2) is 18.3 Å². The van der Waals surface area contributed by atoms with Crippen LogP contribution < -0.4 is 10.6 Å². The van der Waals surface area contributed by atoms with Crippen molar-refractivity contribution in [3.63, 3.8) is 0 Å². The predicted octanol–water partition coefficient (Wildman–Crippen LogP) is 0.963. The van der Waals surface area contributed by atoms with Crippen LogP contribution >= 0.6 is 0 Å². The lowest BCUT2D eigenvalue weighted by Gasteiger charge is -2.30. The molecule has 1 rings (SSSR count). The van der Waals surface area contributed by atoms with Gasteiger partial charge in [0.2, 0.25) is 0 Å². The number of hydrogen-bond donors (Lipinski definition) is 3. The van der Waals surface area contributed by atoms with Crippen LogP contribution in [0, 0.1) is 5.41 Å². The van der Waals surface area contributed by atoms with Crippen LogP contribution in [0.1, 0.15) is 26.3 Å². The Labute approximate surface area is 102 Å². The van der Waals surface area contributed by atoms with E-state index in [1.54, 1.807) is 32.2 Å². The zero-order valence-corrected chi connectivity index (χ0v) is 10.6. The van der Waals surface area contributed by atoms with Crippen molar-refractivity contribution in [2.75, 3.05) is 18.0 Å². The number of nitrogens with zero attached hydrogens (tertiary/aromatic N) is 2. The molecule has 0 bridgehead atoms. The molecule has 0 atom stereocenters. The zero-order chi connectivity index (χ0) is 13.1. The van der Waals surface area contributed by atoms with Crippen molar-refractivity contribution in [3.05, 3.63) is 23.9 Å². The number of likely N-dealkylation sites (N-methyl/N-ethyl adjacent to an activating group) is 1. The Morgan fingerprint density at radius 1 is 1.59 bits per heavy atom. The van der Waals surface area contributed by atoms with Crippen LogP contribution in [0.3, 0.4) is 0 Å². The van der Waals surface area contributed by atoms with Gasteiger partial charge in [0.25, 0.3) is 0 Å². The fourth-order valence-corrected chi connectivity index (χ4v) is 1.66. The van der Waals surface area contributed by atoms with Crippen LogP contribution in [0.4, 0.5) is 5.82 Å². The molecule has 94 valence electrons. The summed E-state index contributed by atoms with van der Waals surface area (Å²) >= 11 is 0. The minimum atomic E-state index is -0.818. The van der Waals surface area contributed by atoms with E-state index in [1.807, 2.05) is 11.8 Å². The third kappa shape index (κ3) is 3.71. The van der Waals surface area contributed by atoms with Gasteiger partial charge in [0.15, 0.2) is 0 Å². The second kappa shape index (κ2) is 5.14. The number of aliphatic hydroxyl groups is 1. The van der Waals surface area contributed by atoms with Gasteiger partial charge in [0, 0.05) is 19.3 Å². The summed E-state index contributed by atoms with van der Waals surface area (Å²) in [4.78, 5) is 6.16. The average Bonchev–Trinajstić information content (AvgIpc) is 2.24. The van der Waals surface area contributed by atoms with E-state index in [0.717, 1.165) is 0 Å². The summed E-state index contributed by atoms with van der Waals surface area (Å²) in [5.41, 5.74) is 5.30. The fourth-order valence-electron chi connectivity index (χ4n) is 1.66. The molecule has 1 heterocycles. The molecule has 1 aromatic heterocycles. The van der Waals surface area contributed by atoms with Crippen LogP contribution in [0.25, 0.3) is 0 Å². The number of amidine groups is 1. The van der Waals surface area contributed by atoms with E-state index in [4.69, 9.17) is 11.1 Å². The highest BCUT2D eigenvalue weighted by Crippen LogP contribution is 2.18. The second-order valence-corrected chi connectivity index (χ2v) is 4.61. The average molecular weight is 236 g/mol. The van der Waals surface area contributed by atoms with Crippen molar-refractivity contribution in [3.8, 4) is 0 Å². The molecule has 1 aromatic rings. The van der Waals surface area contributed by atoms with Gasteiger partial charge in [-0.3, -0.25) is 5.41 Å². The summed E-state index contributed by atoms with van der Waals surface area (Å²) in [6.45, 7) is 6.60. The summed E-state index contributed by atoms with van der Waals surface area (Å²) in [5.74, 6) is 0.631. The van der Waals surface area contributed by atoms with Gasteiger partial charge in [-0.05, 0) is 32.9 Å². The van der Waals surface area contributed by atoms with E-state index < -0.39 is 5.60 Å². The maximum Gasteiger partial charge on any atom is 0.139 e. The fraction of sp³-hybridized carbons (Fsp3) is 0.500. The molecule has 0 aliphatic carbocycles. The number of aromatic nitrogens is 1. The minimum Gasteiger partial charge on any atom is -0.389 e. The monoisotopic (exact) mass is 236 g/mol. The number of anilines is 1. The Hall–Kier alpha value is -1.62. The minimum absolute atomic E-state index is 0.0118. The van der Waals surface area contributed by atoms with Gasteiger partial charge in [-0.25, -0.2) is 4.98 Å². The largest absolute Gasteiger partial charge is 0.389 e. The Kier molecular flexibility index (Phi) is 4.07. The highest BCUT2D eigenvalue weighted by Gasteiger charge is 2.20. The van der Waals surface area contributed by atoms with Gasteiger partial charge in [-0.15, -0.1) is 0 Å². The molecule has 0 saturated carbocycles. The standard InChI is InChI=1S/C12H20N4O/c1-4-16(8-12(2,3)17)11-9(10(13)14)6-5-7-15-11/h5-7,17H,4,8H2,1-3H3,(H3,13,14). The lowest BCUT2D eigenvalue weighted by molar-refractivity contribution is 0.0874. The zero-order valence-electron chi connectivity index (χ0n) is 10.6. The number of nitrogen functional groups attached to an aromatic ring is 1. The van der Waals surface area contributed by atoms with Gasteiger partial charge in [0.1, 0.15) is 11.7 Å². The molecule has 0 amide bonds. The van der Waals surface area contributed by atoms with E-state index in [1.165, 1.54) is 0 Å². The SMILES string of the molecule is CCN(CC(C)(C)O)c1ncccc1C(=N)N. The Bertz CT molecular complexity index is 398. The van der Waals surface area contributed by atoms with Gasteiger partial charge >= 0.3 is 0 Å². The first-order chi connectivity index (χ1) is 7.85. The third-order valence-corrected chi connectivity index (χ3v) is 2.34. The molecule has 0 aromatic carbocycles. The third-order valence-electron chi connectivity index (χ3n) is 2.34. The van der Waals surface area contributed by atoms with E-state index in [9.17, 15) is 5.11 Å². The van der Waals surface area contributed by atoms with Crippen molar-refractivity contribution in [1.82, 2.24) is 4.98 Å². The first-order valence-corrected chi connectivity index (χ1v) is 5.62. The van der Waals surface area contributed by atoms with E-state index >= 15 is 0 Å². The molecule has 0 aliphatic heterocycles. The molecule has 0 fully saturated rings. The summed E-state index contributed by atoms with van der Waals surface area (Å²) < 4.78 is 0. The number of nitrogens with two attached hydrogens (primary N) is 1. The van der Waals surface area contributed by atoms with Crippen LogP contribution in [0.2, 0.25) is 0 Å². The summed E-state index contributed by atoms with van der Waals surface area (Å²) in [6, 6.07) is 3.51. The summed E-state index contributed by atoms with van der Waals surface area (Å²) in [7, 11) is 0.